The molecule has 0 aliphatic heterocycles. The molecule has 0 amide bonds. The van der Waals surface area contributed by atoms with E-state index in [1.165, 1.54) is 12.4 Å². The summed E-state index contributed by atoms with van der Waals surface area (Å²) in [6.45, 7) is 0. The summed E-state index contributed by atoms with van der Waals surface area (Å²) in [6, 6.07) is 3.29. The lowest BCUT2D eigenvalue weighted by atomic mass is 10.5. The van der Waals surface area contributed by atoms with Gasteiger partial charge in [-0.2, -0.15) is 13.2 Å². The van der Waals surface area contributed by atoms with E-state index in [1.54, 1.807) is 12.1 Å². The summed E-state index contributed by atoms with van der Waals surface area (Å²) in [5.74, 6) is 0. The largest absolute Gasteiger partial charge is 0.410 e. The summed E-state index contributed by atoms with van der Waals surface area (Å²) in [4.78, 5) is 4.47. The van der Waals surface area contributed by atoms with Crippen LogP contribution in [0.25, 0.3) is 0 Å². The minimum Gasteiger partial charge on any atom is -0.265 e. The highest BCUT2D eigenvalue weighted by molar-refractivity contribution is 8.02. The zero-order valence-electron chi connectivity index (χ0n) is 6.45. The van der Waals surface area contributed by atoms with Crippen LogP contribution in [0.3, 0.4) is 0 Å². The van der Waals surface area contributed by atoms with E-state index in [9.17, 15) is 13.2 Å². The van der Waals surface area contributed by atoms with Crippen molar-refractivity contribution in [3.05, 3.63) is 36.0 Å². The van der Waals surface area contributed by atoms with Gasteiger partial charge in [-0.05, 0) is 17.5 Å². The molecule has 1 nitrogen and oxygen atoms in total. The lowest BCUT2D eigenvalue weighted by Gasteiger charge is -1.97. The van der Waals surface area contributed by atoms with Gasteiger partial charge in [0.15, 0.2) is 0 Å². The number of hydrogen-bond acceptors (Lipinski definition) is 2. The highest BCUT2D eigenvalue weighted by atomic mass is 32.2. The average molecular weight is 205 g/mol. The number of rotatable bonds is 2. The summed E-state index contributed by atoms with van der Waals surface area (Å²) in [5.41, 5.74) is 0. The van der Waals surface area contributed by atoms with Crippen molar-refractivity contribution in [2.45, 2.75) is 11.1 Å². The van der Waals surface area contributed by atoms with Crippen molar-refractivity contribution in [3.8, 4) is 0 Å². The molecule has 0 unspecified atom stereocenters. The Bertz CT molecular complexity index is 281. The molecule has 0 fully saturated rings. The second kappa shape index (κ2) is 4.32. The molecule has 0 aliphatic rings. The summed E-state index contributed by atoms with van der Waals surface area (Å²) >= 11 is 1.01. The molecule has 0 bridgehead atoms. The summed E-state index contributed by atoms with van der Waals surface area (Å²) < 4.78 is 34.9. The molecule has 0 atom stereocenters. The van der Waals surface area contributed by atoms with Gasteiger partial charge in [0.05, 0.1) is 0 Å². The van der Waals surface area contributed by atoms with Crippen molar-refractivity contribution < 1.29 is 13.2 Å². The van der Waals surface area contributed by atoms with Gasteiger partial charge < -0.3 is 0 Å². The van der Waals surface area contributed by atoms with Crippen LogP contribution in [0.1, 0.15) is 0 Å². The smallest absolute Gasteiger partial charge is 0.265 e. The Balaban J connectivity index is 2.49. The fraction of sp³-hybridized carbons (Fsp3) is 0.125. The quantitative estimate of drug-likeness (QED) is 0.687. The predicted octanol–water partition coefficient (Wildman–Crippen LogP) is 3.25. The number of pyridine rings is 1. The topological polar surface area (TPSA) is 12.9 Å². The number of thioether (sulfide) groups is 1. The second-order valence-electron chi connectivity index (χ2n) is 2.15. The molecule has 0 spiro atoms. The van der Waals surface area contributed by atoms with Crippen molar-refractivity contribution >= 4 is 11.8 Å². The minimum atomic E-state index is -4.24. The van der Waals surface area contributed by atoms with Crippen LogP contribution in [0.5, 0.6) is 0 Å². The minimum absolute atomic E-state index is 0.206. The Morgan fingerprint density at radius 3 is 2.38 bits per heavy atom. The van der Waals surface area contributed by atoms with Crippen LogP contribution in [0.2, 0.25) is 0 Å². The third-order valence-corrected chi connectivity index (χ3v) is 1.93. The zero-order valence-corrected chi connectivity index (χ0v) is 7.27. The van der Waals surface area contributed by atoms with Crippen LogP contribution in [0.4, 0.5) is 13.2 Å². The molecule has 1 heterocycles. The predicted molar refractivity (Wildman–Crippen MR) is 45.3 cm³/mol. The number of halogens is 3. The molecule has 70 valence electrons. The van der Waals surface area contributed by atoms with Gasteiger partial charge in [0.1, 0.15) is 0 Å². The van der Waals surface area contributed by atoms with Gasteiger partial charge in [-0.15, -0.1) is 0 Å². The van der Waals surface area contributed by atoms with E-state index >= 15 is 0 Å². The maximum atomic E-state index is 11.6. The number of aromatic nitrogens is 1. The molecule has 0 radical (unpaired) electrons. The highest BCUT2D eigenvalue weighted by Gasteiger charge is 2.21. The molecule has 1 aromatic rings. The van der Waals surface area contributed by atoms with Gasteiger partial charge in [-0.3, -0.25) is 4.98 Å². The molecule has 0 aliphatic carbocycles. The maximum absolute atomic E-state index is 11.6. The third kappa shape index (κ3) is 4.57. The summed E-state index contributed by atoms with van der Waals surface area (Å²) in [5, 5.41) is 1.01. The number of nitrogens with zero attached hydrogens (tertiary/aromatic N) is 1. The first-order valence-electron chi connectivity index (χ1n) is 3.39. The lowest BCUT2D eigenvalue weighted by Crippen LogP contribution is -1.99. The molecule has 0 N–H and O–H groups in total. The zero-order chi connectivity index (χ0) is 9.73. The molecule has 5 heteroatoms. The van der Waals surface area contributed by atoms with E-state index in [2.05, 4.69) is 4.98 Å². The normalized spacial score (nSPS) is 12.2. The van der Waals surface area contributed by atoms with E-state index in [1.807, 2.05) is 0 Å². The van der Waals surface area contributed by atoms with Crippen LogP contribution in [-0.4, -0.2) is 11.2 Å². The molecular weight excluding hydrogens is 199 g/mol. The molecule has 1 aromatic heterocycles. The fourth-order valence-electron chi connectivity index (χ4n) is 0.607. The molecule has 0 saturated carbocycles. The van der Waals surface area contributed by atoms with E-state index < -0.39 is 6.18 Å². The number of hydrogen-bond donors (Lipinski definition) is 0. The van der Waals surface area contributed by atoms with Gasteiger partial charge in [-0.25, -0.2) is 0 Å². The van der Waals surface area contributed by atoms with Gasteiger partial charge in [0, 0.05) is 23.4 Å². The van der Waals surface area contributed by atoms with Gasteiger partial charge in [-0.1, -0.05) is 11.8 Å². The van der Waals surface area contributed by atoms with Crippen LogP contribution in [0.15, 0.2) is 40.9 Å². The van der Waals surface area contributed by atoms with E-state index in [0.29, 0.717) is 0 Å². The van der Waals surface area contributed by atoms with Crippen molar-refractivity contribution in [2.24, 2.45) is 0 Å². The molecule has 0 aromatic carbocycles. The molecule has 13 heavy (non-hydrogen) atoms. The Morgan fingerprint density at radius 1 is 1.23 bits per heavy atom. The Hall–Kier alpha value is -0.970. The van der Waals surface area contributed by atoms with Crippen molar-refractivity contribution in [1.82, 2.24) is 4.98 Å². The van der Waals surface area contributed by atoms with Crippen molar-refractivity contribution in [3.63, 3.8) is 0 Å². The third-order valence-electron chi connectivity index (χ3n) is 1.11. The summed E-state index contributed by atoms with van der Waals surface area (Å²) in [6.07, 6.45) is -0.967. The lowest BCUT2D eigenvalue weighted by molar-refractivity contribution is -0.0796. The van der Waals surface area contributed by atoms with E-state index in [4.69, 9.17) is 0 Å². The van der Waals surface area contributed by atoms with Gasteiger partial charge in [0.25, 0.3) is 0 Å². The second-order valence-corrected chi connectivity index (χ2v) is 3.12. The summed E-state index contributed by atoms with van der Waals surface area (Å²) in [7, 11) is 0. The van der Waals surface area contributed by atoms with Crippen molar-refractivity contribution in [2.75, 3.05) is 0 Å². The van der Waals surface area contributed by atoms with Crippen molar-refractivity contribution in [1.29, 1.82) is 0 Å². The van der Waals surface area contributed by atoms with Crippen LogP contribution in [-0.2, 0) is 0 Å². The Labute approximate surface area is 77.7 Å². The number of allylic oxidation sites excluding steroid dienone is 1. The Kier molecular flexibility index (Phi) is 3.36. The molecular formula is C8H6F3NS. The van der Waals surface area contributed by atoms with Crippen LogP contribution >= 0.6 is 11.8 Å². The molecule has 1 rings (SSSR count). The molecule has 0 saturated heterocycles. The maximum Gasteiger partial charge on any atom is 0.410 e. The van der Waals surface area contributed by atoms with Gasteiger partial charge in [0.2, 0.25) is 0 Å². The first kappa shape index (κ1) is 10.1. The van der Waals surface area contributed by atoms with Crippen LogP contribution in [0, 0.1) is 0 Å². The first-order valence-corrected chi connectivity index (χ1v) is 4.27. The standard InChI is InChI=1S/C8H6F3NS/c9-8(10,11)3-6-13-7-1-4-12-5-2-7/h1-6H/b6-3+. The van der Waals surface area contributed by atoms with Gasteiger partial charge >= 0.3 is 6.18 Å². The highest BCUT2D eigenvalue weighted by Crippen LogP contribution is 2.22. The van der Waals surface area contributed by atoms with Crippen LogP contribution < -0.4 is 0 Å². The Morgan fingerprint density at radius 2 is 1.85 bits per heavy atom. The number of alkyl halides is 3. The first-order chi connectivity index (χ1) is 6.08. The SMILES string of the molecule is FC(F)(F)/C=C/Sc1ccncc1. The monoisotopic (exact) mass is 205 g/mol. The average Bonchev–Trinajstić information content (AvgIpc) is 2.04. The van der Waals surface area contributed by atoms with E-state index in [-0.39, 0.29) is 6.08 Å². The van der Waals surface area contributed by atoms with E-state index in [0.717, 1.165) is 22.1 Å². The fourth-order valence-corrected chi connectivity index (χ4v) is 1.26.